The molecule has 6 heteroatoms. The highest BCUT2D eigenvalue weighted by molar-refractivity contribution is 5.29. The molecule has 72 valence electrons. The lowest BCUT2D eigenvalue weighted by atomic mass is 10.2. The Labute approximate surface area is 71.5 Å². The Morgan fingerprint density at radius 1 is 1.46 bits per heavy atom. The first-order chi connectivity index (χ1) is 6.06. The van der Waals surface area contributed by atoms with E-state index in [2.05, 4.69) is 4.98 Å². The molecule has 0 radical (unpaired) electrons. The Bertz CT molecular complexity index is 317. The minimum Gasteiger partial charge on any atom is -0.506 e. The summed E-state index contributed by atoms with van der Waals surface area (Å²) in [6.45, 7) is -0.716. The van der Waals surface area contributed by atoms with E-state index in [1.807, 2.05) is 0 Å². The van der Waals surface area contributed by atoms with Crippen LogP contribution >= 0.6 is 0 Å². The van der Waals surface area contributed by atoms with E-state index < -0.39 is 30.3 Å². The van der Waals surface area contributed by atoms with Gasteiger partial charge in [0.25, 0.3) is 6.43 Å². The zero-order valence-electron chi connectivity index (χ0n) is 6.34. The van der Waals surface area contributed by atoms with E-state index in [1.54, 1.807) is 0 Å². The number of aromatic hydroxyl groups is 1. The van der Waals surface area contributed by atoms with E-state index in [1.165, 1.54) is 0 Å². The Morgan fingerprint density at radius 3 is 2.54 bits per heavy atom. The van der Waals surface area contributed by atoms with Crippen LogP contribution in [0.2, 0.25) is 0 Å². The monoisotopic (exact) mass is 193 g/mol. The van der Waals surface area contributed by atoms with Gasteiger partial charge in [-0.25, -0.2) is 18.2 Å². The number of alkyl halides is 2. The first-order valence-electron chi connectivity index (χ1n) is 3.33. The molecule has 0 atom stereocenters. The third kappa shape index (κ3) is 1.89. The van der Waals surface area contributed by atoms with Crippen LogP contribution in [0.3, 0.4) is 0 Å². The lowest BCUT2D eigenvalue weighted by molar-refractivity contribution is 0.139. The molecule has 0 bridgehead atoms. The van der Waals surface area contributed by atoms with Crippen LogP contribution in [0.25, 0.3) is 0 Å². The van der Waals surface area contributed by atoms with Crippen molar-refractivity contribution in [2.75, 3.05) is 0 Å². The quantitative estimate of drug-likeness (QED) is 0.745. The zero-order valence-corrected chi connectivity index (χ0v) is 6.34. The van der Waals surface area contributed by atoms with Crippen LogP contribution in [-0.2, 0) is 6.61 Å². The number of aliphatic hydroxyl groups is 1. The number of halogens is 3. The van der Waals surface area contributed by atoms with E-state index in [-0.39, 0.29) is 5.69 Å². The molecular formula is C7H6F3NO2. The molecule has 2 N–H and O–H groups in total. The lowest BCUT2D eigenvalue weighted by Crippen LogP contribution is -2.00. The number of aliphatic hydroxyl groups excluding tert-OH is 1. The molecule has 0 aliphatic carbocycles. The highest BCUT2D eigenvalue weighted by atomic mass is 19.3. The Hall–Kier alpha value is -1.30. The van der Waals surface area contributed by atoms with E-state index in [0.29, 0.717) is 6.07 Å². The average Bonchev–Trinajstić information content (AvgIpc) is 2.03. The van der Waals surface area contributed by atoms with Crippen molar-refractivity contribution < 1.29 is 23.4 Å². The van der Waals surface area contributed by atoms with Crippen molar-refractivity contribution in [3.8, 4) is 5.75 Å². The molecule has 0 fully saturated rings. The summed E-state index contributed by atoms with van der Waals surface area (Å²) in [5, 5.41) is 17.4. The second-order valence-corrected chi connectivity index (χ2v) is 2.28. The third-order valence-electron chi connectivity index (χ3n) is 1.42. The standard InChI is InChI=1S/C7H6F3NO2/c8-3-1-5(13)4(2-12)11-6(3)7(9)10/h1,7,12-13H,2H2. The number of nitrogens with zero attached hydrogens (tertiary/aromatic N) is 1. The second kappa shape index (κ2) is 3.61. The van der Waals surface area contributed by atoms with E-state index >= 15 is 0 Å². The second-order valence-electron chi connectivity index (χ2n) is 2.28. The van der Waals surface area contributed by atoms with Gasteiger partial charge >= 0.3 is 0 Å². The molecule has 1 rings (SSSR count). The summed E-state index contributed by atoms with van der Waals surface area (Å²) in [4.78, 5) is 3.06. The van der Waals surface area contributed by atoms with Crippen LogP contribution in [0.15, 0.2) is 6.07 Å². The first kappa shape index (κ1) is 9.79. The Balaban J connectivity index is 3.22. The van der Waals surface area contributed by atoms with Crippen LogP contribution in [-0.4, -0.2) is 15.2 Å². The van der Waals surface area contributed by atoms with Crippen LogP contribution in [0.1, 0.15) is 17.8 Å². The Morgan fingerprint density at radius 2 is 2.08 bits per heavy atom. The summed E-state index contributed by atoms with van der Waals surface area (Å²) in [6.07, 6.45) is -3.06. The molecule has 0 amide bonds. The molecule has 1 aromatic rings. The SMILES string of the molecule is OCc1nc(C(F)F)c(F)cc1O. The smallest absolute Gasteiger partial charge is 0.283 e. The van der Waals surface area contributed by atoms with Gasteiger partial charge in [0, 0.05) is 6.07 Å². The molecule has 0 aliphatic heterocycles. The van der Waals surface area contributed by atoms with Crippen LogP contribution in [0.4, 0.5) is 13.2 Å². The van der Waals surface area contributed by atoms with E-state index in [0.717, 1.165) is 0 Å². The fraction of sp³-hybridized carbons (Fsp3) is 0.286. The highest BCUT2D eigenvalue weighted by Crippen LogP contribution is 2.25. The highest BCUT2D eigenvalue weighted by Gasteiger charge is 2.18. The predicted octanol–water partition coefficient (Wildman–Crippen LogP) is 1.36. The summed E-state index contributed by atoms with van der Waals surface area (Å²) in [6, 6.07) is 0.500. The van der Waals surface area contributed by atoms with Gasteiger partial charge in [0.2, 0.25) is 0 Å². The fourth-order valence-corrected chi connectivity index (χ4v) is 0.803. The van der Waals surface area contributed by atoms with E-state index in [4.69, 9.17) is 10.2 Å². The van der Waals surface area contributed by atoms with Gasteiger partial charge in [-0.05, 0) is 0 Å². The largest absolute Gasteiger partial charge is 0.506 e. The molecule has 13 heavy (non-hydrogen) atoms. The van der Waals surface area contributed by atoms with Crippen molar-refractivity contribution in [3.05, 3.63) is 23.3 Å². The van der Waals surface area contributed by atoms with Gasteiger partial charge in [-0.2, -0.15) is 0 Å². The fourth-order valence-electron chi connectivity index (χ4n) is 0.803. The maximum absolute atomic E-state index is 12.6. The molecule has 0 unspecified atom stereocenters. The molecule has 1 heterocycles. The number of hydrogen-bond acceptors (Lipinski definition) is 3. The van der Waals surface area contributed by atoms with Crippen molar-refractivity contribution in [1.29, 1.82) is 0 Å². The minimum absolute atomic E-state index is 0.364. The number of aromatic nitrogens is 1. The van der Waals surface area contributed by atoms with Crippen LogP contribution < -0.4 is 0 Å². The van der Waals surface area contributed by atoms with E-state index in [9.17, 15) is 13.2 Å². The molecule has 0 saturated heterocycles. The van der Waals surface area contributed by atoms with Gasteiger partial charge in [-0.1, -0.05) is 0 Å². The number of hydrogen-bond donors (Lipinski definition) is 2. The van der Waals surface area contributed by atoms with Crippen molar-refractivity contribution in [3.63, 3.8) is 0 Å². The van der Waals surface area contributed by atoms with Crippen molar-refractivity contribution in [2.45, 2.75) is 13.0 Å². The average molecular weight is 193 g/mol. The lowest BCUT2D eigenvalue weighted by Gasteiger charge is -2.04. The summed E-state index contributed by atoms with van der Waals surface area (Å²) in [5.41, 5.74) is -1.43. The van der Waals surface area contributed by atoms with Gasteiger partial charge in [-0.15, -0.1) is 0 Å². The van der Waals surface area contributed by atoms with Gasteiger partial charge in [0.05, 0.1) is 6.61 Å². The van der Waals surface area contributed by atoms with Crippen LogP contribution in [0, 0.1) is 5.82 Å². The Kier molecular flexibility index (Phi) is 2.72. The van der Waals surface area contributed by atoms with Gasteiger partial charge in [-0.3, -0.25) is 0 Å². The summed E-state index contributed by atoms with van der Waals surface area (Å²) in [7, 11) is 0. The maximum atomic E-state index is 12.6. The maximum Gasteiger partial charge on any atom is 0.283 e. The van der Waals surface area contributed by atoms with Crippen molar-refractivity contribution in [1.82, 2.24) is 4.98 Å². The van der Waals surface area contributed by atoms with Gasteiger partial charge in [0.15, 0.2) is 5.82 Å². The van der Waals surface area contributed by atoms with Crippen molar-refractivity contribution in [2.24, 2.45) is 0 Å². The minimum atomic E-state index is -3.06. The molecule has 1 aromatic heterocycles. The molecule has 0 aromatic carbocycles. The van der Waals surface area contributed by atoms with Crippen molar-refractivity contribution >= 4 is 0 Å². The summed E-state index contributed by atoms with van der Waals surface area (Å²) >= 11 is 0. The summed E-state index contributed by atoms with van der Waals surface area (Å²) < 4.78 is 36.7. The normalized spacial score (nSPS) is 10.8. The molecular weight excluding hydrogens is 187 g/mol. The predicted molar refractivity (Wildman–Crippen MR) is 36.7 cm³/mol. The topological polar surface area (TPSA) is 53.4 Å². The van der Waals surface area contributed by atoms with Gasteiger partial charge < -0.3 is 10.2 Å². The number of pyridine rings is 1. The van der Waals surface area contributed by atoms with Crippen LogP contribution in [0.5, 0.6) is 5.75 Å². The first-order valence-corrected chi connectivity index (χ1v) is 3.33. The number of rotatable bonds is 2. The van der Waals surface area contributed by atoms with Gasteiger partial charge in [0.1, 0.15) is 17.1 Å². The molecule has 0 aliphatic rings. The third-order valence-corrected chi connectivity index (χ3v) is 1.42. The molecule has 0 spiro atoms. The molecule has 0 saturated carbocycles. The summed E-state index contributed by atoms with van der Waals surface area (Å²) in [5.74, 6) is -1.92. The zero-order chi connectivity index (χ0) is 10.0. The molecule has 3 nitrogen and oxygen atoms in total.